The first kappa shape index (κ1) is 12.9. The first-order valence-electron chi connectivity index (χ1n) is 5.86. The van der Waals surface area contributed by atoms with E-state index in [0.717, 1.165) is 6.42 Å². The van der Waals surface area contributed by atoms with E-state index in [0.29, 0.717) is 17.6 Å². The Balaban J connectivity index is 2.33. The molecule has 2 rings (SSSR count). The third kappa shape index (κ3) is 2.63. The van der Waals surface area contributed by atoms with Crippen molar-refractivity contribution in [2.45, 2.75) is 25.4 Å². The lowest BCUT2D eigenvalue weighted by molar-refractivity contribution is -0.173. The highest BCUT2D eigenvalue weighted by Gasteiger charge is 2.44. The highest BCUT2D eigenvalue weighted by molar-refractivity contribution is 5.97. The maximum Gasteiger partial charge on any atom is 0.450 e. The predicted molar refractivity (Wildman–Crippen MR) is 62.8 cm³/mol. The number of benzene rings is 1. The molecule has 4 heteroatoms. The highest BCUT2D eigenvalue weighted by Crippen LogP contribution is 2.37. The summed E-state index contributed by atoms with van der Waals surface area (Å²) >= 11 is 0. The quantitative estimate of drug-likeness (QED) is 0.779. The molecule has 0 N–H and O–H groups in total. The van der Waals surface area contributed by atoms with E-state index in [1.54, 1.807) is 36.4 Å². The predicted octanol–water partition coefficient (Wildman–Crippen LogP) is 4.00. The summed E-state index contributed by atoms with van der Waals surface area (Å²) < 4.78 is 37.6. The zero-order chi connectivity index (χ0) is 13.2. The van der Waals surface area contributed by atoms with Crippen LogP contribution in [0, 0.1) is 5.92 Å². The summed E-state index contributed by atoms with van der Waals surface area (Å²) in [7, 11) is 0. The minimum Gasteiger partial charge on any atom is -0.289 e. The second-order valence-electron chi connectivity index (χ2n) is 4.37. The second-order valence-corrected chi connectivity index (χ2v) is 4.37. The Morgan fingerprint density at radius 3 is 2.44 bits per heavy atom. The van der Waals surface area contributed by atoms with Gasteiger partial charge in [-0.3, -0.25) is 4.79 Å². The number of Topliss-reactive ketones (excluding diaryl/α,β-unsaturated/α-hetero) is 1. The van der Waals surface area contributed by atoms with Gasteiger partial charge in [0.25, 0.3) is 0 Å². The van der Waals surface area contributed by atoms with E-state index >= 15 is 0 Å². The van der Waals surface area contributed by atoms with E-state index in [-0.39, 0.29) is 6.42 Å². The van der Waals surface area contributed by atoms with Crippen LogP contribution in [0.2, 0.25) is 0 Å². The molecule has 1 aromatic rings. The van der Waals surface area contributed by atoms with Crippen LogP contribution in [0.4, 0.5) is 13.2 Å². The fourth-order valence-corrected chi connectivity index (χ4v) is 2.30. The van der Waals surface area contributed by atoms with Crippen LogP contribution < -0.4 is 0 Å². The van der Waals surface area contributed by atoms with Gasteiger partial charge in [0.1, 0.15) is 0 Å². The van der Waals surface area contributed by atoms with Gasteiger partial charge in [-0.2, -0.15) is 13.2 Å². The van der Waals surface area contributed by atoms with Crippen molar-refractivity contribution in [3.8, 4) is 0 Å². The molecule has 1 atom stereocenters. The summed E-state index contributed by atoms with van der Waals surface area (Å²) in [5.74, 6) is -2.67. The molecule has 1 nitrogen and oxygen atoms in total. The number of ketones is 1. The van der Waals surface area contributed by atoms with Crippen molar-refractivity contribution in [2.75, 3.05) is 0 Å². The Hall–Kier alpha value is -1.58. The molecular formula is C14H13F3O. The van der Waals surface area contributed by atoms with Gasteiger partial charge in [-0.05, 0) is 30.4 Å². The van der Waals surface area contributed by atoms with Crippen molar-refractivity contribution >= 4 is 11.4 Å². The van der Waals surface area contributed by atoms with Crippen LogP contribution in [0.25, 0.3) is 5.57 Å². The average Bonchev–Trinajstić information content (AvgIpc) is 2.38. The smallest absolute Gasteiger partial charge is 0.289 e. The summed E-state index contributed by atoms with van der Waals surface area (Å²) in [6, 6.07) is 8.81. The van der Waals surface area contributed by atoms with Crippen LogP contribution in [-0.2, 0) is 4.79 Å². The molecule has 0 radical (unpaired) electrons. The number of carbonyl (C=O) groups is 1. The summed E-state index contributed by atoms with van der Waals surface area (Å²) in [6.45, 7) is 0. The first-order valence-corrected chi connectivity index (χ1v) is 5.86. The van der Waals surface area contributed by atoms with Crippen molar-refractivity contribution in [1.82, 2.24) is 0 Å². The van der Waals surface area contributed by atoms with Crippen molar-refractivity contribution in [3.05, 3.63) is 42.0 Å². The lowest BCUT2D eigenvalue weighted by Crippen LogP contribution is -2.32. The molecule has 1 aromatic carbocycles. The van der Waals surface area contributed by atoms with Gasteiger partial charge in [0, 0.05) is 0 Å². The number of hydrogen-bond donors (Lipinski definition) is 0. The molecule has 0 amide bonds. The minimum atomic E-state index is -4.75. The number of alkyl halides is 3. The van der Waals surface area contributed by atoms with Crippen molar-refractivity contribution in [1.29, 1.82) is 0 Å². The zero-order valence-electron chi connectivity index (χ0n) is 9.70. The van der Waals surface area contributed by atoms with Gasteiger partial charge >= 0.3 is 6.18 Å². The Bertz CT molecular complexity index is 460. The largest absolute Gasteiger partial charge is 0.450 e. The fraction of sp³-hybridized carbons (Fsp3) is 0.357. The molecule has 0 aromatic heterocycles. The Kier molecular flexibility index (Phi) is 3.55. The molecule has 0 saturated heterocycles. The average molecular weight is 254 g/mol. The summed E-state index contributed by atoms with van der Waals surface area (Å²) in [5.41, 5.74) is 1.23. The van der Waals surface area contributed by atoms with Gasteiger partial charge in [0.15, 0.2) is 0 Å². The van der Waals surface area contributed by atoms with Crippen LogP contribution in [0.15, 0.2) is 36.4 Å². The molecule has 96 valence electrons. The van der Waals surface area contributed by atoms with Crippen LogP contribution in [0.5, 0.6) is 0 Å². The molecule has 0 aliphatic heterocycles. The van der Waals surface area contributed by atoms with E-state index in [1.807, 2.05) is 0 Å². The maximum atomic E-state index is 12.5. The Morgan fingerprint density at radius 1 is 1.17 bits per heavy atom. The summed E-state index contributed by atoms with van der Waals surface area (Å²) in [6.07, 6.45) is -1.36. The summed E-state index contributed by atoms with van der Waals surface area (Å²) in [5, 5.41) is 0. The molecule has 0 spiro atoms. The van der Waals surface area contributed by atoms with Gasteiger partial charge in [0.2, 0.25) is 5.78 Å². The minimum absolute atomic E-state index is 0.277. The van der Waals surface area contributed by atoms with E-state index in [9.17, 15) is 18.0 Å². The molecule has 1 unspecified atom stereocenters. The topological polar surface area (TPSA) is 17.1 Å². The fourth-order valence-electron chi connectivity index (χ4n) is 2.30. The van der Waals surface area contributed by atoms with Gasteiger partial charge in [-0.25, -0.2) is 0 Å². The van der Waals surface area contributed by atoms with E-state index in [1.165, 1.54) is 0 Å². The first-order chi connectivity index (χ1) is 8.50. The molecular weight excluding hydrogens is 241 g/mol. The van der Waals surface area contributed by atoms with E-state index in [2.05, 4.69) is 0 Å². The van der Waals surface area contributed by atoms with E-state index < -0.39 is 17.9 Å². The number of allylic oxidation sites excluding steroid dienone is 2. The van der Waals surface area contributed by atoms with Crippen LogP contribution in [-0.4, -0.2) is 12.0 Å². The van der Waals surface area contributed by atoms with Gasteiger partial charge in [-0.15, -0.1) is 0 Å². The number of carbonyl (C=O) groups excluding carboxylic acids is 1. The second kappa shape index (κ2) is 4.96. The SMILES string of the molecule is O=C(C1CCCC=C1c1ccccc1)C(F)(F)F. The third-order valence-electron chi connectivity index (χ3n) is 3.14. The van der Waals surface area contributed by atoms with Gasteiger partial charge in [0.05, 0.1) is 5.92 Å². The maximum absolute atomic E-state index is 12.5. The third-order valence-corrected chi connectivity index (χ3v) is 3.14. The van der Waals surface area contributed by atoms with Crippen molar-refractivity contribution in [3.63, 3.8) is 0 Å². The lowest BCUT2D eigenvalue weighted by atomic mass is 9.81. The van der Waals surface area contributed by atoms with Gasteiger partial charge < -0.3 is 0 Å². The molecule has 0 heterocycles. The van der Waals surface area contributed by atoms with Crippen LogP contribution in [0.1, 0.15) is 24.8 Å². The van der Waals surface area contributed by atoms with Crippen LogP contribution in [0.3, 0.4) is 0 Å². The molecule has 0 bridgehead atoms. The molecule has 0 fully saturated rings. The van der Waals surface area contributed by atoms with Gasteiger partial charge in [-0.1, -0.05) is 36.4 Å². The van der Waals surface area contributed by atoms with Crippen LogP contribution >= 0.6 is 0 Å². The van der Waals surface area contributed by atoms with Crippen molar-refractivity contribution in [2.24, 2.45) is 5.92 Å². The molecule has 0 saturated carbocycles. The van der Waals surface area contributed by atoms with E-state index in [4.69, 9.17) is 0 Å². The number of halogens is 3. The lowest BCUT2D eigenvalue weighted by Gasteiger charge is -2.24. The monoisotopic (exact) mass is 254 g/mol. The normalized spacial score (nSPS) is 20.4. The standard InChI is InChI=1S/C14H13F3O/c15-14(16,17)13(18)12-9-5-4-8-11(12)10-6-2-1-3-7-10/h1-3,6-8,12H,4-5,9H2. The molecule has 18 heavy (non-hydrogen) atoms. The number of hydrogen-bond acceptors (Lipinski definition) is 1. The van der Waals surface area contributed by atoms with Crippen molar-refractivity contribution < 1.29 is 18.0 Å². The molecule has 1 aliphatic carbocycles. The Labute approximate surface area is 103 Å². The highest BCUT2D eigenvalue weighted by atomic mass is 19.4. The summed E-state index contributed by atoms with van der Waals surface area (Å²) in [4.78, 5) is 11.4. The number of rotatable bonds is 2. The molecule has 1 aliphatic rings. The Morgan fingerprint density at radius 2 is 1.83 bits per heavy atom. The zero-order valence-corrected chi connectivity index (χ0v) is 9.70.